The van der Waals surface area contributed by atoms with Gasteiger partial charge in [-0.3, -0.25) is 4.79 Å². The SMILES string of the molecule is O=C(NCC(c1cccs1)S(=O)(=O)c1ccc(Cl)cc1)c1cccs1. The Morgan fingerprint density at radius 1 is 1.04 bits per heavy atom. The van der Waals surface area contributed by atoms with Gasteiger partial charge in [0.1, 0.15) is 5.25 Å². The second-order valence-electron chi connectivity index (χ2n) is 5.19. The number of carbonyl (C=O) groups excluding carboxylic acids is 1. The molecule has 25 heavy (non-hydrogen) atoms. The summed E-state index contributed by atoms with van der Waals surface area (Å²) in [7, 11) is -3.66. The Hall–Kier alpha value is -1.67. The lowest BCUT2D eigenvalue weighted by atomic mass is 10.3. The Labute approximate surface area is 159 Å². The van der Waals surface area contributed by atoms with Crippen LogP contribution in [0.25, 0.3) is 0 Å². The first-order valence-electron chi connectivity index (χ1n) is 7.33. The van der Waals surface area contributed by atoms with Crippen molar-refractivity contribution in [1.29, 1.82) is 0 Å². The highest BCUT2D eigenvalue weighted by Gasteiger charge is 2.30. The fraction of sp³-hybridized carbons (Fsp3) is 0.118. The third-order valence-electron chi connectivity index (χ3n) is 3.57. The normalized spacial score (nSPS) is 12.7. The molecule has 2 heterocycles. The molecule has 0 spiro atoms. The van der Waals surface area contributed by atoms with Crippen molar-refractivity contribution >= 4 is 50.0 Å². The van der Waals surface area contributed by atoms with Crippen LogP contribution >= 0.6 is 34.3 Å². The van der Waals surface area contributed by atoms with Crippen LogP contribution in [0.1, 0.15) is 19.8 Å². The molecule has 0 aliphatic carbocycles. The summed E-state index contributed by atoms with van der Waals surface area (Å²) in [5.41, 5.74) is 0. The van der Waals surface area contributed by atoms with Crippen LogP contribution < -0.4 is 5.32 Å². The van der Waals surface area contributed by atoms with E-state index >= 15 is 0 Å². The van der Waals surface area contributed by atoms with Gasteiger partial charge < -0.3 is 5.32 Å². The van der Waals surface area contributed by atoms with E-state index in [4.69, 9.17) is 11.6 Å². The summed E-state index contributed by atoms with van der Waals surface area (Å²) in [4.78, 5) is 13.6. The van der Waals surface area contributed by atoms with Gasteiger partial charge in [0.25, 0.3) is 5.91 Å². The van der Waals surface area contributed by atoms with Gasteiger partial charge >= 0.3 is 0 Å². The molecular formula is C17H14ClNO3S3. The number of amides is 1. The molecule has 0 radical (unpaired) electrons. The van der Waals surface area contributed by atoms with Gasteiger partial charge in [0.05, 0.1) is 9.77 Å². The van der Waals surface area contributed by atoms with Gasteiger partial charge in [-0.25, -0.2) is 8.42 Å². The van der Waals surface area contributed by atoms with Crippen LogP contribution in [0.2, 0.25) is 5.02 Å². The Kier molecular flexibility index (Phi) is 5.58. The van der Waals surface area contributed by atoms with E-state index in [0.717, 1.165) is 0 Å². The number of benzene rings is 1. The monoisotopic (exact) mass is 411 g/mol. The van der Waals surface area contributed by atoms with Crippen molar-refractivity contribution in [3.63, 3.8) is 0 Å². The van der Waals surface area contributed by atoms with E-state index in [9.17, 15) is 13.2 Å². The molecule has 0 saturated carbocycles. The maximum atomic E-state index is 13.1. The second-order valence-corrected chi connectivity index (χ2v) is 9.68. The van der Waals surface area contributed by atoms with E-state index < -0.39 is 15.1 Å². The van der Waals surface area contributed by atoms with Crippen molar-refractivity contribution in [2.45, 2.75) is 10.1 Å². The second kappa shape index (κ2) is 7.70. The molecule has 1 atom stereocenters. The number of nitrogens with one attached hydrogen (secondary N) is 1. The summed E-state index contributed by atoms with van der Waals surface area (Å²) in [6.07, 6.45) is 0. The number of carbonyl (C=O) groups is 1. The topological polar surface area (TPSA) is 63.2 Å². The van der Waals surface area contributed by atoms with E-state index in [1.165, 1.54) is 34.8 Å². The van der Waals surface area contributed by atoms with Gasteiger partial charge in [-0.05, 0) is 47.2 Å². The van der Waals surface area contributed by atoms with Crippen LogP contribution in [0.15, 0.2) is 64.2 Å². The average molecular weight is 412 g/mol. The van der Waals surface area contributed by atoms with E-state index in [1.807, 2.05) is 5.38 Å². The number of rotatable bonds is 6. The molecule has 2 aromatic heterocycles. The number of halogens is 1. The first-order valence-corrected chi connectivity index (χ1v) is 11.0. The third kappa shape index (κ3) is 4.12. The van der Waals surface area contributed by atoms with Gasteiger partial charge in [0, 0.05) is 16.4 Å². The molecule has 1 unspecified atom stereocenters. The lowest BCUT2D eigenvalue weighted by molar-refractivity contribution is 0.0958. The lowest BCUT2D eigenvalue weighted by Crippen LogP contribution is -2.31. The van der Waals surface area contributed by atoms with Gasteiger partial charge in [-0.1, -0.05) is 23.7 Å². The molecule has 1 N–H and O–H groups in total. The molecule has 0 fully saturated rings. The predicted molar refractivity (Wildman–Crippen MR) is 102 cm³/mol. The number of hydrogen-bond donors (Lipinski definition) is 1. The summed E-state index contributed by atoms with van der Waals surface area (Å²) in [5.74, 6) is -0.275. The zero-order valence-electron chi connectivity index (χ0n) is 12.9. The van der Waals surface area contributed by atoms with E-state index in [1.54, 1.807) is 41.8 Å². The Morgan fingerprint density at radius 2 is 1.72 bits per heavy atom. The number of thiophene rings is 2. The highest BCUT2D eigenvalue weighted by molar-refractivity contribution is 7.91. The smallest absolute Gasteiger partial charge is 0.261 e. The van der Waals surface area contributed by atoms with Crippen molar-refractivity contribution in [2.75, 3.05) is 6.54 Å². The molecular weight excluding hydrogens is 398 g/mol. The molecule has 4 nitrogen and oxygen atoms in total. The molecule has 130 valence electrons. The molecule has 3 rings (SSSR count). The van der Waals surface area contributed by atoms with Crippen molar-refractivity contribution in [3.8, 4) is 0 Å². The quantitative estimate of drug-likeness (QED) is 0.653. The van der Waals surface area contributed by atoms with Gasteiger partial charge in [0.2, 0.25) is 0 Å². The van der Waals surface area contributed by atoms with Crippen LogP contribution in [-0.2, 0) is 9.84 Å². The number of hydrogen-bond acceptors (Lipinski definition) is 5. The molecule has 1 aromatic carbocycles. The molecule has 8 heteroatoms. The standard InChI is InChI=1S/C17H14ClNO3S3/c18-12-5-7-13(8-6-12)25(21,22)16(14-3-1-9-23-14)11-19-17(20)15-4-2-10-24-15/h1-10,16H,11H2,(H,19,20). The Bertz CT molecular complexity index is 934. The van der Waals surface area contributed by atoms with Crippen molar-refractivity contribution in [2.24, 2.45) is 0 Å². The van der Waals surface area contributed by atoms with E-state index in [2.05, 4.69) is 5.32 Å². The molecule has 3 aromatic rings. The largest absolute Gasteiger partial charge is 0.350 e. The zero-order chi connectivity index (χ0) is 17.9. The minimum atomic E-state index is -3.66. The summed E-state index contributed by atoms with van der Waals surface area (Å²) in [5, 5.41) is 5.98. The average Bonchev–Trinajstić information content (AvgIpc) is 3.29. The Balaban J connectivity index is 1.87. The maximum absolute atomic E-state index is 13.1. The van der Waals surface area contributed by atoms with Crippen molar-refractivity contribution in [1.82, 2.24) is 5.32 Å². The summed E-state index contributed by atoms with van der Waals surface area (Å²) in [6, 6.07) is 13.1. The van der Waals surface area contributed by atoms with Gasteiger partial charge in [0.15, 0.2) is 9.84 Å². The molecule has 0 aliphatic rings. The summed E-state index contributed by atoms with van der Waals surface area (Å²) in [6.45, 7) is 0.00219. The molecule has 0 bridgehead atoms. The predicted octanol–water partition coefficient (Wildman–Crippen LogP) is 4.41. The lowest BCUT2D eigenvalue weighted by Gasteiger charge is -2.17. The van der Waals surface area contributed by atoms with Crippen LogP contribution in [-0.4, -0.2) is 20.9 Å². The summed E-state index contributed by atoms with van der Waals surface area (Å²) < 4.78 is 26.1. The molecule has 0 saturated heterocycles. The third-order valence-corrected chi connectivity index (χ3v) is 7.92. The minimum absolute atomic E-state index is 0.00219. The van der Waals surface area contributed by atoms with Crippen molar-refractivity contribution < 1.29 is 13.2 Å². The highest BCUT2D eigenvalue weighted by Crippen LogP contribution is 2.32. The minimum Gasteiger partial charge on any atom is -0.350 e. The highest BCUT2D eigenvalue weighted by atomic mass is 35.5. The first kappa shape index (κ1) is 18.1. The molecule has 0 aliphatic heterocycles. The van der Waals surface area contributed by atoms with Gasteiger partial charge in [-0.15, -0.1) is 22.7 Å². The van der Waals surface area contributed by atoms with E-state index in [-0.39, 0.29) is 17.3 Å². The maximum Gasteiger partial charge on any atom is 0.261 e. The van der Waals surface area contributed by atoms with E-state index in [0.29, 0.717) is 14.8 Å². The zero-order valence-corrected chi connectivity index (χ0v) is 16.1. The van der Waals surface area contributed by atoms with Gasteiger partial charge in [-0.2, -0.15) is 0 Å². The number of sulfone groups is 1. The first-order chi connectivity index (χ1) is 12.0. The van der Waals surface area contributed by atoms with Crippen LogP contribution in [0.5, 0.6) is 0 Å². The fourth-order valence-corrected chi connectivity index (χ4v) is 5.86. The van der Waals surface area contributed by atoms with Crippen LogP contribution in [0, 0.1) is 0 Å². The Morgan fingerprint density at radius 3 is 2.32 bits per heavy atom. The fourth-order valence-electron chi connectivity index (χ4n) is 2.31. The van der Waals surface area contributed by atoms with Crippen LogP contribution in [0.3, 0.4) is 0 Å². The molecule has 1 amide bonds. The van der Waals surface area contributed by atoms with Crippen molar-refractivity contribution in [3.05, 3.63) is 74.1 Å². The van der Waals surface area contributed by atoms with Crippen LogP contribution in [0.4, 0.5) is 0 Å². The summed E-state index contributed by atoms with van der Waals surface area (Å²) >= 11 is 8.52.